The number of carbonyl (C=O) groups is 2. The van der Waals surface area contributed by atoms with Crippen molar-refractivity contribution in [2.24, 2.45) is 0 Å². The highest BCUT2D eigenvalue weighted by Gasteiger charge is 2.30. The van der Waals surface area contributed by atoms with Crippen LogP contribution in [0.4, 0.5) is 0 Å². The molecule has 0 aliphatic rings. The van der Waals surface area contributed by atoms with Crippen LogP contribution >= 0.6 is 11.6 Å². The van der Waals surface area contributed by atoms with Gasteiger partial charge >= 0.3 is 5.97 Å². The molecule has 2 atom stereocenters. The molecule has 0 aliphatic carbocycles. The van der Waals surface area contributed by atoms with E-state index in [9.17, 15) is 9.59 Å². The minimum atomic E-state index is -0.405. The van der Waals surface area contributed by atoms with Gasteiger partial charge in [-0.25, -0.2) is 0 Å². The molecule has 33 heavy (non-hydrogen) atoms. The summed E-state index contributed by atoms with van der Waals surface area (Å²) in [6, 6.07) is 24.1. The SMILES string of the molecule is C#CCOC(=O)C[C@@H](c1ccccc1)[C@@H](CC(=O)c1ccc(OC)cc1)c1ccc(Cl)cc1. The van der Waals surface area contributed by atoms with Crippen molar-refractivity contribution in [2.45, 2.75) is 24.7 Å². The highest BCUT2D eigenvalue weighted by molar-refractivity contribution is 6.30. The van der Waals surface area contributed by atoms with E-state index in [1.54, 1.807) is 43.5 Å². The second-order valence-corrected chi connectivity index (χ2v) is 8.04. The first kappa shape index (κ1) is 24.1. The molecule has 168 valence electrons. The summed E-state index contributed by atoms with van der Waals surface area (Å²) in [5.41, 5.74) is 2.44. The Hall–Kier alpha value is -3.55. The first-order valence-electron chi connectivity index (χ1n) is 10.6. The van der Waals surface area contributed by atoms with Gasteiger partial charge in [-0.15, -0.1) is 6.42 Å². The van der Waals surface area contributed by atoms with E-state index in [1.165, 1.54) is 0 Å². The maximum Gasteiger partial charge on any atom is 0.307 e. The second kappa shape index (κ2) is 11.9. The van der Waals surface area contributed by atoms with Crippen molar-refractivity contribution in [1.29, 1.82) is 0 Å². The third kappa shape index (κ3) is 6.71. The average molecular weight is 461 g/mol. The molecule has 3 aromatic carbocycles. The van der Waals surface area contributed by atoms with Gasteiger partial charge in [-0.05, 0) is 53.4 Å². The minimum Gasteiger partial charge on any atom is -0.497 e. The first-order chi connectivity index (χ1) is 16.0. The molecule has 0 heterocycles. The fourth-order valence-electron chi connectivity index (χ4n) is 3.85. The van der Waals surface area contributed by atoms with Crippen LogP contribution in [0.1, 0.15) is 46.2 Å². The highest BCUT2D eigenvalue weighted by atomic mass is 35.5. The Morgan fingerprint density at radius 3 is 2.09 bits per heavy atom. The van der Waals surface area contributed by atoms with E-state index in [0.29, 0.717) is 16.3 Å². The zero-order chi connectivity index (χ0) is 23.6. The van der Waals surface area contributed by atoms with Crippen molar-refractivity contribution >= 4 is 23.4 Å². The van der Waals surface area contributed by atoms with E-state index in [-0.39, 0.29) is 37.1 Å². The van der Waals surface area contributed by atoms with Gasteiger partial charge in [0.2, 0.25) is 0 Å². The van der Waals surface area contributed by atoms with Gasteiger partial charge in [0, 0.05) is 22.9 Å². The molecule has 3 aromatic rings. The quantitative estimate of drug-likeness (QED) is 0.210. The lowest BCUT2D eigenvalue weighted by Gasteiger charge is -2.27. The summed E-state index contributed by atoms with van der Waals surface area (Å²) in [6.45, 7) is -0.0866. The maximum absolute atomic E-state index is 13.3. The summed E-state index contributed by atoms with van der Waals surface area (Å²) in [5.74, 6) is 1.99. The molecule has 0 fully saturated rings. The molecule has 4 nitrogen and oxygen atoms in total. The summed E-state index contributed by atoms with van der Waals surface area (Å²) in [5, 5.41) is 0.601. The normalized spacial score (nSPS) is 12.3. The molecule has 5 heteroatoms. The number of methoxy groups -OCH3 is 1. The number of hydrogen-bond acceptors (Lipinski definition) is 4. The molecule has 0 unspecified atom stereocenters. The molecule has 0 N–H and O–H groups in total. The van der Waals surface area contributed by atoms with Crippen molar-refractivity contribution in [1.82, 2.24) is 0 Å². The molecule has 0 amide bonds. The molecule has 3 rings (SSSR count). The van der Waals surface area contributed by atoms with E-state index >= 15 is 0 Å². The number of carbonyl (C=O) groups excluding carboxylic acids is 2. The molecule has 0 bridgehead atoms. The summed E-state index contributed by atoms with van der Waals surface area (Å²) >= 11 is 6.11. The number of terminal acetylenes is 1. The van der Waals surface area contributed by atoms with Crippen molar-refractivity contribution in [2.75, 3.05) is 13.7 Å². The van der Waals surface area contributed by atoms with Gasteiger partial charge in [-0.2, -0.15) is 0 Å². The molecule has 0 aromatic heterocycles. The third-order valence-corrected chi connectivity index (χ3v) is 5.78. The van der Waals surface area contributed by atoms with Gasteiger partial charge in [0.1, 0.15) is 5.75 Å². The van der Waals surface area contributed by atoms with E-state index in [1.807, 2.05) is 42.5 Å². The molecule has 0 saturated carbocycles. The predicted octanol–water partition coefficient (Wildman–Crippen LogP) is 6.06. The number of halogens is 1. The van der Waals surface area contributed by atoms with Crippen molar-refractivity contribution in [3.05, 3.63) is 101 Å². The molecule has 0 radical (unpaired) electrons. The maximum atomic E-state index is 13.3. The van der Waals surface area contributed by atoms with Crippen LogP contribution in [0.5, 0.6) is 5.75 Å². The number of ketones is 1. The van der Waals surface area contributed by atoms with Crippen LogP contribution in [0.15, 0.2) is 78.9 Å². The van der Waals surface area contributed by atoms with Crippen LogP contribution in [0, 0.1) is 12.3 Å². The molecule has 0 spiro atoms. The fourth-order valence-corrected chi connectivity index (χ4v) is 3.98. The second-order valence-electron chi connectivity index (χ2n) is 7.60. The number of esters is 1. The van der Waals surface area contributed by atoms with E-state index < -0.39 is 5.97 Å². The molecule has 0 saturated heterocycles. The fraction of sp³-hybridized carbons (Fsp3) is 0.214. The van der Waals surface area contributed by atoms with Gasteiger partial charge in [0.15, 0.2) is 12.4 Å². The van der Waals surface area contributed by atoms with Gasteiger partial charge < -0.3 is 9.47 Å². The smallest absolute Gasteiger partial charge is 0.307 e. The zero-order valence-corrected chi connectivity index (χ0v) is 19.1. The van der Waals surface area contributed by atoms with Crippen molar-refractivity contribution in [3.8, 4) is 18.1 Å². The molecular formula is C28H25ClO4. The Morgan fingerprint density at radius 2 is 1.48 bits per heavy atom. The Morgan fingerprint density at radius 1 is 0.879 bits per heavy atom. The topological polar surface area (TPSA) is 52.6 Å². The van der Waals surface area contributed by atoms with Crippen molar-refractivity contribution < 1.29 is 19.1 Å². The van der Waals surface area contributed by atoms with Crippen LogP contribution in [0.25, 0.3) is 0 Å². The Bertz CT molecular complexity index is 1100. The van der Waals surface area contributed by atoms with E-state index in [2.05, 4.69) is 5.92 Å². The molecular weight excluding hydrogens is 436 g/mol. The van der Waals surface area contributed by atoms with E-state index in [4.69, 9.17) is 27.5 Å². The molecule has 0 aliphatic heterocycles. The zero-order valence-electron chi connectivity index (χ0n) is 18.4. The van der Waals surface area contributed by atoms with Crippen LogP contribution in [-0.2, 0) is 9.53 Å². The Kier molecular flexibility index (Phi) is 8.69. The predicted molar refractivity (Wildman–Crippen MR) is 130 cm³/mol. The number of rotatable bonds is 10. The largest absolute Gasteiger partial charge is 0.497 e. The van der Waals surface area contributed by atoms with E-state index in [0.717, 1.165) is 11.1 Å². The first-order valence-corrected chi connectivity index (χ1v) is 11.0. The Balaban J connectivity index is 1.98. The van der Waals surface area contributed by atoms with Gasteiger partial charge in [-0.1, -0.05) is 60.0 Å². The minimum absolute atomic E-state index is 0.0319. The lowest BCUT2D eigenvalue weighted by atomic mass is 9.76. The van der Waals surface area contributed by atoms with Crippen molar-refractivity contribution in [3.63, 3.8) is 0 Å². The summed E-state index contributed by atoms with van der Waals surface area (Å²) in [6.07, 6.45) is 5.54. The number of Topliss-reactive ketones (excluding diaryl/α,β-unsaturated/α-hetero) is 1. The number of benzene rings is 3. The van der Waals surface area contributed by atoms with Gasteiger partial charge in [0.25, 0.3) is 0 Å². The lowest BCUT2D eigenvalue weighted by Crippen LogP contribution is -2.20. The van der Waals surface area contributed by atoms with Crippen LogP contribution in [-0.4, -0.2) is 25.5 Å². The highest BCUT2D eigenvalue weighted by Crippen LogP contribution is 2.39. The van der Waals surface area contributed by atoms with Gasteiger partial charge in [-0.3, -0.25) is 9.59 Å². The standard InChI is InChI=1S/C28H25ClO4/c1-3-17-33-28(31)19-26(20-7-5-4-6-8-20)25(21-9-13-23(29)14-10-21)18-27(30)22-11-15-24(32-2)16-12-22/h1,4-16,25-26H,17-19H2,2H3/t25-,26-/m0/s1. The number of hydrogen-bond donors (Lipinski definition) is 0. The van der Waals surface area contributed by atoms with Crippen LogP contribution in [0.2, 0.25) is 5.02 Å². The summed E-state index contributed by atoms with van der Waals surface area (Å²) in [7, 11) is 1.58. The Labute approximate surface area is 199 Å². The third-order valence-electron chi connectivity index (χ3n) is 5.53. The summed E-state index contributed by atoms with van der Waals surface area (Å²) < 4.78 is 10.4. The van der Waals surface area contributed by atoms with Gasteiger partial charge in [0.05, 0.1) is 13.5 Å². The average Bonchev–Trinajstić information content (AvgIpc) is 2.86. The summed E-state index contributed by atoms with van der Waals surface area (Å²) in [4.78, 5) is 25.8. The van der Waals surface area contributed by atoms with Crippen LogP contribution in [0.3, 0.4) is 0 Å². The number of ether oxygens (including phenoxy) is 2. The van der Waals surface area contributed by atoms with Crippen LogP contribution < -0.4 is 4.74 Å². The monoisotopic (exact) mass is 460 g/mol. The lowest BCUT2D eigenvalue weighted by molar-refractivity contribution is -0.142.